The normalized spacial score (nSPS) is 13.2. The number of carbonyl (C=O) groups excluding carboxylic acids is 1. The number of hydrogen-bond acceptors (Lipinski definition) is 2. The van der Waals surface area contributed by atoms with Gasteiger partial charge < -0.3 is 10.1 Å². The van der Waals surface area contributed by atoms with Crippen molar-refractivity contribution in [2.45, 2.75) is 44.6 Å². The maximum absolute atomic E-state index is 12.7. The molecular weight excluding hydrogens is 228 g/mol. The van der Waals surface area contributed by atoms with Crippen molar-refractivity contribution in [2.24, 2.45) is 0 Å². The maximum atomic E-state index is 12.7. The van der Waals surface area contributed by atoms with Gasteiger partial charge in [0.05, 0.1) is 6.10 Å². The molecule has 0 saturated heterocycles. The summed E-state index contributed by atoms with van der Waals surface area (Å²) >= 11 is 0. The van der Waals surface area contributed by atoms with Gasteiger partial charge in [0.25, 0.3) is 0 Å². The lowest BCUT2D eigenvalue weighted by Gasteiger charge is -2.19. The monoisotopic (exact) mass is 249 g/mol. The predicted molar refractivity (Wildman–Crippen MR) is 63.1 cm³/mol. The molecular formula is C12H21F2NO2. The largest absolute Gasteiger partial charge is 0.368 e. The van der Waals surface area contributed by atoms with Gasteiger partial charge in [0, 0.05) is 13.5 Å². The van der Waals surface area contributed by atoms with Gasteiger partial charge >= 0.3 is 0 Å². The fraction of sp³-hybridized carbons (Fsp3) is 0.750. The summed E-state index contributed by atoms with van der Waals surface area (Å²) in [6.07, 6.45) is 2.69. The summed E-state index contributed by atoms with van der Waals surface area (Å²) in [5.74, 6) is -2.94. The molecule has 100 valence electrons. The molecule has 0 aromatic rings. The Morgan fingerprint density at radius 1 is 1.53 bits per heavy atom. The third-order valence-electron chi connectivity index (χ3n) is 2.33. The molecule has 0 aliphatic heterocycles. The molecule has 1 unspecified atom stereocenters. The third kappa shape index (κ3) is 9.93. The average Bonchev–Trinajstić information content (AvgIpc) is 2.26. The van der Waals surface area contributed by atoms with Crippen LogP contribution in [0.2, 0.25) is 0 Å². The van der Waals surface area contributed by atoms with Gasteiger partial charge in [-0.25, -0.2) is 8.78 Å². The highest BCUT2D eigenvalue weighted by molar-refractivity contribution is 5.76. The highest BCUT2D eigenvalue weighted by Crippen LogP contribution is 2.22. The molecule has 0 fully saturated rings. The average molecular weight is 249 g/mol. The zero-order valence-corrected chi connectivity index (χ0v) is 10.5. The van der Waals surface area contributed by atoms with Crippen LogP contribution >= 0.6 is 0 Å². The first-order valence-electron chi connectivity index (χ1n) is 5.70. The minimum absolute atomic E-state index is 0.0897. The van der Waals surface area contributed by atoms with E-state index in [4.69, 9.17) is 4.74 Å². The van der Waals surface area contributed by atoms with Gasteiger partial charge in [-0.15, -0.1) is 6.58 Å². The van der Waals surface area contributed by atoms with Crippen molar-refractivity contribution in [3.63, 3.8) is 0 Å². The van der Waals surface area contributed by atoms with E-state index in [0.717, 1.165) is 6.92 Å². The van der Waals surface area contributed by atoms with E-state index in [1.165, 1.54) is 7.05 Å². The molecule has 0 heterocycles. The highest BCUT2D eigenvalue weighted by atomic mass is 19.3. The van der Waals surface area contributed by atoms with E-state index >= 15 is 0 Å². The molecule has 17 heavy (non-hydrogen) atoms. The highest BCUT2D eigenvalue weighted by Gasteiger charge is 2.23. The lowest BCUT2D eigenvalue weighted by atomic mass is 10.1. The Morgan fingerprint density at radius 2 is 2.18 bits per heavy atom. The van der Waals surface area contributed by atoms with E-state index < -0.39 is 5.92 Å². The number of ether oxygens (including phenoxy) is 1. The standard InChI is InChI=1S/C12H21F2NO2/c1-4-5-6-10(7-8-12(2,13)14)17-9-11(16)15-3/h4,10H,1,5-9H2,2-3H3,(H,15,16). The molecule has 0 spiro atoms. The minimum atomic E-state index is -2.69. The van der Waals surface area contributed by atoms with Crippen LogP contribution in [0.3, 0.4) is 0 Å². The molecule has 1 N–H and O–H groups in total. The summed E-state index contributed by atoms with van der Waals surface area (Å²) in [6.45, 7) is 4.37. The fourth-order valence-corrected chi connectivity index (χ4v) is 1.29. The molecule has 0 aliphatic rings. The van der Waals surface area contributed by atoms with Gasteiger partial charge in [-0.3, -0.25) is 4.79 Å². The zero-order chi connectivity index (χ0) is 13.3. The fourth-order valence-electron chi connectivity index (χ4n) is 1.29. The van der Waals surface area contributed by atoms with Crippen molar-refractivity contribution in [3.8, 4) is 0 Å². The Kier molecular flexibility index (Phi) is 7.70. The lowest BCUT2D eigenvalue weighted by Crippen LogP contribution is -2.27. The van der Waals surface area contributed by atoms with Gasteiger partial charge in [0.2, 0.25) is 11.8 Å². The van der Waals surface area contributed by atoms with Crippen molar-refractivity contribution in [2.75, 3.05) is 13.7 Å². The summed E-state index contributed by atoms with van der Waals surface area (Å²) in [5.41, 5.74) is 0. The van der Waals surface area contributed by atoms with Crippen molar-refractivity contribution >= 4 is 5.91 Å². The van der Waals surface area contributed by atoms with E-state index in [2.05, 4.69) is 11.9 Å². The topological polar surface area (TPSA) is 38.3 Å². The number of rotatable bonds is 9. The summed E-state index contributed by atoms with van der Waals surface area (Å²) in [4.78, 5) is 11.0. The number of amides is 1. The number of halogens is 2. The quantitative estimate of drug-likeness (QED) is 0.638. The Labute approximate surface area is 101 Å². The molecule has 0 radical (unpaired) electrons. The summed E-state index contributed by atoms with van der Waals surface area (Å²) < 4.78 is 30.7. The van der Waals surface area contributed by atoms with Gasteiger partial charge in [0.1, 0.15) is 6.61 Å². The van der Waals surface area contributed by atoms with E-state index in [9.17, 15) is 13.6 Å². The number of carbonyl (C=O) groups is 1. The Bertz CT molecular complexity index is 239. The first kappa shape index (κ1) is 16.0. The Morgan fingerprint density at radius 3 is 2.65 bits per heavy atom. The van der Waals surface area contributed by atoms with Crippen LogP contribution in [0.1, 0.15) is 32.6 Å². The molecule has 0 saturated carbocycles. The van der Waals surface area contributed by atoms with E-state index in [1.807, 2.05) is 0 Å². The van der Waals surface area contributed by atoms with Crippen LogP contribution in [0, 0.1) is 0 Å². The van der Waals surface area contributed by atoms with Gasteiger partial charge in [-0.05, 0) is 26.2 Å². The molecule has 0 rings (SSSR count). The SMILES string of the molecule is C=CCCC(CCC(C)(F)F)OCC(=O)NC. The second-order valence-electron chi connectivity index (χ2n) is 4.08. The van der Waals surface area contributed by atoms with Crippen LogP contribution in [0.4, 0.5) is 8.78 Å². The molecule has 3 nitrogen and oxygen atoms in total. The molecule has 0 aromatic heterocycles. The van der Waals surface area contributed by atoms with Crippen LogP contribution in [-0.2, 0) is 9.53 Å². The summed E-state index contributed by atoms with van der Waals surface area (Å²) in [5, 5.41) is 2.42. The van der Waals surface area contributed by atoms with Gasteiger partial charge in [-0.1, -0.05) is 6.08 Å². The van der Waals surface area contributed by atoms with Gasteiger partial charge in [0.15, 0.2) is 0 Å². The molecule has 1 amide bonds. The smallest absolute Gasteiger partial charge is 0.245 e. The first-order valence-corrected chi connectivity index (χ1v) is 5.70. The number of allylic oxidation sites excluding steroid dienone is 1. The second-order valence-corrected chi connectivity index (χ2v) is 4.08. The summed E-state index contributed by atoms with van der Waals surface area (Å²) in [7, 11) is 1.50. The molecule has 0 bridgehead atoms. The second kappa shape index (κ2) is 8.17. The first-order chi connectivity index (χ1) is 7.89. The Balaban J connectivity index is 4.04. The van der Waals surface area contributed by atoms with Crippen LogP contribution in [0.25, 0.3) is 0 Å². The van der Waals surface area contributed by atoms with Crippen LogP contribution in [-0.4, -0.2) is 31.6 Å². The van der Waals surface area contributed by atoms with Crippen LogP contribution < -0.4 is 5.32 Å². The Hall–Kier alpha value is -0.970. The van der Waals surface area contributed by atoms with Crippen LogP contribution in [0.5, 0.6) is 0 Å². The number of hydrogen-bond donors (Lipinski definition) is 1. The maximum Gasteiger partial charge on any atom is 0.245 e. The number of likely N-dealkylation sites (N-methyl/N-ethyl adjacent to an activating group) is 1. The zero-order valence-electron chi connectivity index (χ0n) is 10.5. The van der Waals surface area contributed by atoms with Crippen molar-refractivity contribution in [1.82, 2.24) is 5.32 Å². The lowest BCUT2D eigenvalue weighted by molar-refractivity contribution is -0.127. The molecule has 1 atom stereocenters. The van der Waals surface area contributed by atoms with Crippen molar-refractivity contribution in [1.29, 1.82) is 0 Å². The minimum Gasteiger partial charge on any atom is -0.368 e. The molecule has 0 aliphatic carbocycles. The van der Waals surface area contributed by atoms with E-state index in [1.54, 1.807) is 6.08 Å². The van der Waals surface area contributed by atoms with E-state index in [-0.39, 0.29) is 31.5 Å². The van der Waals surface area contributed by atoms with Crippen molar-refractivity contribution in [3.05, 3.63) is 12.7 Å². The number of nitrogens with one attached hydrogen (secondary N) is 1. The van der Waals surface area contributed by atoms with Crippen molar-refractivity contribution < 1.29 is 18.3 Å². The van der Waals surface area contributed by atoms with Gasteiger partial charge in [-0.2, -0.15) is 0 Å². The molecule has 0 aromatic carbocycles. The number of alkyl halides is 2. The third-order valence-corrected chi connectivity index (χ3v) is 2.33. The van der Waals surface area contributed by atoms with E-state index in [0.29, 0.717) is 12.8 Å². The molecule has 5 heteroatoms. The van der Waals surface area contributed by atoms with Crippen LogP contribution in [0.15, 0.2) is 12.7 Å². The summed E-state index contributed by atoms with van der Waals surface area (Å²) in [6, 6.07) is 0. The predicted octanol–water partition coefficient (Wildman–Crippen LogP) is 2.52.